The fraction of sp³-hybridized carbons (Fsp3) is 0.500. The van der Waals surface area contributed by atoms with Gasteiger partial charge in [0, 0.05) is 37.3 Å². The molecule has 2 N–H and O–H groups in total. The molecule has 2 aromatic heterocycles. The number of thioether (sulfide) groups is 1. The van der Waals surface area contributed by atoms with Gasteiger partial charge in [-0.15, -0.1) is 5.10 Å². The Hall–Kier alpha value is -4.13. The molecule has 0 fully saturated rings. The van der Waals surface area contributed by atoms with Crippen molar-refractivity contribution in [3.8, 4) is 11.6 Å². The maximum Gasteiger partial charge on any atom is 0.259 e. The Labute approximate surface area is 267 Å². The number of amides is 3. The van der Waals surface area contributed by atoms with Gasteiger partial charge in [0.25, 0.3) is 11.8 Å². The summed E-state index contributed by atoms with van der Waals surface area (Å²) in [5.41, 5.74) is 4.39. The summed E-state index contributed by atoms with van der Waals surface area (Å²) in [7, 11) is 1.53. The number of ether oxygens (including phenoxy) is 2. The number of pyridine rings is 1. The number of nitrogens with one attached hydrogen (secondary N) is 2. The molecule has 3 aromatic rings. The number of fused-ring (bicyclic) bond motifs is 5. The molecule has 3 heterocycles. The lowest BCUT2D eigenvalue weighted by Crippen LogP contribution is -2.47. The number of hydrogen-bond acceptors (Lipinski definition) is 9. The molecular formula is C32H41N7O5S. The molecule has 45 heavy (non-hydrogen) atoms. The van der Waals surface area contributed by atoms with Crippen LogP contribution in [0.1, 0.15) is 68.9 Å². The van der Waals surface area contributed by atoms with Crippen LogP contribution in [0.15, 0.2) is 30.5 Å². The number of benzene rings is 1. The van der Waals surface area contributed by atoms with Crippen molar-refractivity contribution in [1.29, 1.82) is 0 Å². The van der Waals surface area contributed by atoms with Gasteiger partial charge in [0.1, 0.15) is 23.0 Å². The van der Waals surface area contributed by atoms with Crippen molar-refractivity contribution >= 4 is 29.5 Å². The third kappa shape index (κ3) is 8.13. The van der Waals surface area contributed by atoms with E-state index < -0.39 is 6.04 Å². The van der Waals surface area contributed by atoms with Crippen LogP contribution in [0.4, 0.5) is 0 Å². The molecule has 12 nitrogen and oxygen atoms in total. The van der Waals surface area contributed by atoms with Crippen LogP contribution < -0.4 is 20.1 Å². The molecule has 0 unspecified atom stereocenters. The molecule has 1 atom stereocenters. The van der Waals surface area contributed by atoms with E-state index in [-0.39, 0.29) is 24.3 Å². The first kappa shape index (κ1) is 32.3. The largest absolute Gasteiger partial charge is 0.494 e. The maximum atomic E-state index is 14.0. The van der Waals surface area contributed by atoms with Gasteiger partial charge in [-0.05, 0) is 80.4 Å². The van der Waals surface area contributed by atoms with E-state index in [9.17, 15) is 14.4 Å². The standard InChI is InChI=1S/C32H41N7O5S/c1-21-9-10-24-18-25(21)29(40)34-28(11-16-45-3)30(41)33-12-5-13-38(19-23-20-39(37-36-23)14-6-15-44-24)32(42)26-17-22-7-4-8-27(22)35-31(26)43-2/h9-10,17-18,20,28H,4-8,11-16,19H2,1-3H3,(H,33,41)(H,34,40)/t28-/m0/s1. The van der Waals surface area contributed by atoms with Gasteiger partial charge in [-0.2, -0.15) is 11.8 Å². The fourth-order valence-electron chi connectivity index (χ4n) is 5.60. The Bertz CT molecular complexity index is 1530. The number of rotatable bonds is 5. The van der Waals surface area contributed by atoms with Crippen LogP contribution in [-0.4, -0.2) is 87.5 Å². The summed E-state index contributed by atoms with van der Waals surface area (Å²) in [6.07, 6.45) is 8.21. The first-order chi connectivity index (χ1) is 21.9. The average Bonchev–Trinajstić information content (AvgIpc) is 3.70. The van der Waals surface area contributed by atoms with Gasteiger partial charge < -0.3 is 25.0 Å². The van der Waals surface area contributed by atoms with Gasteiger partial charge in [0.05, 0.1) is 26.5 Å². The van der Waals surface area contributed by atoms with E-state index in [0.29, 0.717) is 79.7 Å². The molecule has 5 rings (SSSR count). The summed E-state index contributed by atoms with van der Waals surface area (Å²) in [6.45, 7) is 3.76. The number of hydrogen-bond donors (Lipinski definition) is 2. The molecule has 1 aliphatic carbocycles. The van der Waals surface area contributed by atoms with Gasteiger partial charge in [-0.25, -0.2) is 4.98 Å². The van der Waals surface area contributed by atoms with Crippen molar-refractivity contribution in [2.24, 2.45) is 0 Å². The Morgan fingerprint density at radius 1 is 1.16 bits per heavy atom. The first-order valence-electron chi connectivity index (χ1n) is 15.4. The van der Waals surface area contributed by atoms with Gasteiger partial charge in [0.15, 0.2) is 0 Å². The Kier molecular flexibility index (Phi) is 10.9. The quantitative estimate of drug-likeness (QED) is 0.433. The summed E-state index contributed by atoms with van der Waals surface area (Å²) in [6, 6.07) is 6.60. The predicted molar refractivity (Wildman–Crippen MR) is 171 cm³/mol. The third-order valence-corrected chi connectivity index (χ3v) is 8.70. The average molecular weight is 636 g/mol. The lowest BCUT2D eigenvalue weighted by atomic mass is 10.1. The minimum atomic E-state index is -0.700. The summed E-state index contributed by atoms with van der Waals surface area (Å²) >= 11 is 1.61. The highest BCUT2D eigenvalue weighted by molar-refractivity contribution is 7.98. The van der Waals surface area contributed by atoms with Crippen molar-refractivity contribution in [3.05, 3.63) is 64.1 Å². The smallest absolute Gasteiger partial charge is 0.259 e. The number of aryl methyl sites for hydroxylation is 4. The summed E-state index contributed by atoms with van der Waals surface area (Å²) in [5, 5.41) is 14.5. The monoisotopic (exact) mass is 635 g/mol. The molecule has 0 saturated carbocycles. The number of methoxy groups -OCH3 is 1. The van der Waals surface area contributed by atoms with E-state index >= 15 is 0 Å². The van der Waals surface area contributed by atoms with E-state index in [2.05, 4.69) is 25.9 Å². The van der Waals surface area contributed by atoms with Crippen molar-refractivity contribution in [1.82, 2.24) is 35.5 Å². The maximum absolute atomic E-state index is 14.0. The van der Waals surface area contributed by atoms with E-state index in [1.54, 1.807) is 27.4 Å². The topological polar surface area (TPSA) is 141 Å². The third-order valence-electron chi connectivity index (χ3n) is 8.06. The number of carbonyl (C=O) groups is 3. The van der Waals surface area contributed by atoms with Crippen LogP contribution in [0.25, 0.3) is 0 Å². The van der Waals surface area contributed by atoms with Gasteiger partial charge in [0.2, 0.25) is 11.8 Å². The zero-order valence-electron chi connectivity index (χ0n) is 26.1. The lowest BCUT2D eigenvalue weighted by Gasteiger charge is -2.23. The van der Waals surface area contributed by atoms with Crippen molar-refractivity contribution in [2.75, 3.05) is 38.8 Å². The number of carbonyl (C=O) groups excluding carboxylic acids is 3. The molecule has 1 aliphatic heterocycles. The van der Waals surface area contributed by atoms with Crippen LogP contribution in [-0.2, 0) is 30.7 Å². The van der Waals surface area contributed by atoms with Crippen LogP contribution in [0.3, 0.4) is 0 Å². The number of nitrogens with zero attached hydrogens (tertiary/aromatic N) is 5. The highest BCUT2D eigenvalue weighted by Gasteiger charge is 2.26. The van der Waals surface area contributed by atoms with Crippen LogP contribution >= 0.6 is 11.8 Å². The first-order valence-corrected chi connectivity index (χ1v) is 16.8. The van der Waals surface area contributed by atoms with Gasteiger partial charge in [-0.1, -0.05) is 11.3 Å². The van der Waals surface area contributed by atoms with Gasteiger partial charge in [-0.3, -0.25) is 19.1 Å². The van der Waals surface area contributed by atoms with Crippen LogP contribution in [0.2, 0.25) is 0 Å². The molecule has 0 radical (unpaired) electrons. The summed E-state index contributed by atoms with van der Waals surface area (Å²) < 4.78 is 13.2. The highest BCUT2D eigenvalue weighted by atomic mass is 32.2. The summed E-state index contributed by atoms with van der Waals surface area (Å²) in [5.74, 6) is 0.804. The molecular weight excluding hydrogens is 594 g/mol. The van der Waals surface area contributed by atoms with E-state index in [0.717, 1.165) is 36.1 Å². The van der Waals surface area contributed by atoms with E-state index in [1.807, 2.05) is 37.6 Å². The fourth-order valence-corrected chi connectivity index (χ4v) is 6.07. The van der Waals surface area contributed by atoms with Crippen LogP contribution in [0, 0.1) is 6.92 Å². The molecule has 2 aliphatic rings. The molecule has 0 saturated heterocycles. The second kappa shape index (κ2) is 15.2. The molecule has 3 amide bonds. The Balaban J connectivity index is 1.38. The molecule has 4 bridgehead atoms. The molecule has 13 heteroatoms. The zero-order chi connectivity index (χ0) is 31.8. The predicted octanol–water partition coefficient (Wildman–Crippen LogP) is 2.96. The minimum absolute atomic E-state index is 0.216. The molecule has 1 aromatic carbocycles. The Morgan fingerprint density at radius 3 is 2.84 bits per heavy atom. The van der Waals surface area contributed by atoms with Crippen molar-refractivity contribution in [2.45, 2.75) is 64.6 Å². The van der Waals surface area contributed by atoms with E-state index in [4.69, 9.17) is 9.47 Å². The lowest BCUT2D eigenvalue weighted by molar-refractivity contribution is -0.123. The highest BCUT2D eigenvalue weighted by Crippen LogP contribution is 2.28. The normalized spacial score (nSPS) is 17.9. The molecule has 240 valence electrons. The van der Waals surface area contributed by atoms with Crippen molar-refractivity contribution < 1.29 is 23.9 Å². The SMILES string of the molecule is COc1nc2c(cc1C(=O)N1CCCNC(=O)[C@H](CCSC)NC(=O)c3cc(ccc3C)OCCCn3cc(nn3)C1)CCC2. The van der Waals surface area contributed by atoms with Crippen molar-refractivity contribution in [3.63, 3.8) is 0 Å². The number of aromatic nitrogens is 4. The molecule has 0 spiro atoms. The zero-order valence-corrected chi connectivity index (χ0v) is 27.0. The van der Waals surface area contributed by atoms with Crippen LogP contribution in [0.5, 0.6) is 11.6 Å². The minimum Gasteiger partial charge on any atom is -0.494 e. The van der Waals surface area contributed by atoms with E-state index in [1.165, 1.54) is 7.11 Å². The second-order valence-corrected chi connectivity index (χ2v) is 12.3. The van der Waals surface area contributed by atoms with Gasteiger partial charge >= 0.3 is 0 Å². The Morgan fingerprint density at radius 2 is 2.02 bits per heavy atom. The second-order valence-electron chi connectivity index (χ2n) is 11.3. The summed E-state index contributed by atoms with van der Waals surface area (Å²) in [4.78, 5) is 46.9.